The molecule has 1 N–H and O–H groups in total. The molecule has 1 unspecified atom stereocenters. The van der Waals surface area contributed by atoms with Gasteiger partial charge in [0.05, 0.1) is 22.5 Å². The van der Waals surface area contributed by atoms with Crippen LogP contribution in [0, 0.1) is 11.6 Å². The number of fused-ring (bicyclic) bond motifs is 1. The van der Waals surface area contributed by atoms with Crippen molar-refractivity contribution in [2.75, 3.05) is 23.4 Å². The molecular formula is C20H14ClF5N4O3. The van der Waals surface area contributed by atoms with Crippen molar-refractivity contribution in [3.63, 3.8) is 0 Å². The molecule has 1 aromatic heterocycles. The molecule has 0 bridgehead atoms. The second-order valence-electron chi connectivity index (χ2n) is 7.43. The van der Waals surface area contributed by atoms with Crippen LogP contribution in [-0.4, -0.2) is 42.3 Å². The van der Waals surface area contributed by atoms with Crippen LogP contribution in [0.3, 0.4) is 0 Å². The third-order valence-corrected chi connectivity index (χ3v) is 5.82. The first-order valence-corrected chi connectivity index (χ1v) is 9.92. The van der Waals surface area contributed by atoms with Crippen LogP contribution >= 0.6 is 11.6 Å². The Morgan fingerprint density at radius 3 is 2.61 bits per heavy atom. The van der Waals surface area contributed by atoms with Crippen LogP contribution in [0.5, 0.6) is 0 Å². The van der Waals surface area contributed by atoms with Crippen LogP contribution in [0.1, 0.15) is 28.0 Å². The molecule has 3 amide bonds. The number of benzene rings is 1. The van der Waals surface area contributed by atoms with Gasteiger partial charge in [0.2, 0.25) is 0 Å². The number of hydrogen-bond acceptors (Lipinski definition) is 4. The Labute approximate surface area is 188 Å². The molecular weight excluding hydrogens is 475 g/mol. The Balaban J connectivity index is 1.75. The number of rotatable bonds is 3. The first kappa shape index (κ1) is 22.9. The Hall–Kier alpha value is -3.28. The van der Waals surface area contributed by atoms with E-state index < -0.39 is 69.2 Å². The molecule has 1 aliphatic carbocycles. The van der Waals surface area contributed by atoms with E-state index in [9.17, 15) is 36.3 Å². The average molecular weight is 489 g/mol. The predicted molar refractivity (Wildman–Crippen MR) is 106 cm³/mol. The molecule has 1 fully saturated rings. The number of nitrogens with one attached hydrogen (secondary N) is 1. The molecule has 174 valence electrons. The highest BCUT2D eigenvalue weighted by Gasteiger charge is 2.44. The molecule has 0 spiro atoms. The molecule has 13 heteroatoms. The lowest BCUT2D eigenvalue weighted by atomic mass is 10.1. The first-order chi connectivity index (χ1) is 15.4. The molecule has 0 saturated carbocycles. The smallest absolute Gasteiger partial charge is 0.335 e. The van der Waals surface area contributed by atoms with E-state index >= 15 is 0 Å². The van der Waals surface area contributed by atoms with Gasteiger partial charge in [0, 0.05) is 20.0 Å². The summed E-state index contributed by atoms with van der Waals surface area (Å²) in [4.78, 5) is 43.0. The molecule has 1 aliphatic heterocycles. The fourth-order valence-electron chi connectivity index (χ4n) is 3.86. The van der Waals surface area contributed by atoms with Gasteiger partial charge in [-0.1, -0.05) is 11.6 Å². The molecule has 2 aromatic rings. The third-order valence-electron chi connectivity index (χ3n) is 5.47. The number of likely N-dealkylation sites (N-methyl/N-ethyl adjacent to an activating group) is 1. The van der Waals surface area contributed by atoms with Crippen molar-refractivity contribution < 1.29 is 36.3 Å². The number of amides is 3. The van der Waals surface area contributed by atoms with E-state index in [4.69, 9.17) is 11.6 Å². The number of aromatic nitrogens is 1. The lowest BCUT2D eigenvalue weighted by Gasteiger charge is -2.27. The summed E-state index contributed by atoms with van der Waals surface area (Å²) in [6.07, 6.45) is -5.10. The van der Waals surface area contributed by atoms with Crippen molar-refractivity contribution in [2.24, 2.45) is 0 Å². The standard InChI is InChI=1S/C20H14ClF5N4O3/c1-29(11-4-2-9(22)16(21)17(11)23)18(32)12-7-27-19(33)30(12)14-6-8(20(24,25)26)15-10(28-14)3-5-13(15)31/h2,4,6,12H,3,5,7H2,1H3,(H,27,33). The van der Waals surface area contributed by atoms with Crippen LogP contribution in [0.4, 0.5) is 38.3 Å². The summed E-state index contributed by atoms with van der Waals surface area (Å²) in [7, 11) is 1.14. The maximum Gasteiger partial charge on any atom is 0.417 e. The van der Waals surface area contributed by atoms with E-state index in [2.05, 4.69) is 10.3 Å². The number of anilines is 2. The largest absolute Gasteiger partial charge is 0.417 e. The highest BCUT2D eigenvalue weighted by atomic mass is 35.5. The fraction of sp³-hybridized carbons (Fsp3) is 0.300. The molecule has 2 aliphatic rings. The van der Waals surface area contributed by atoms with Crippen LogP contribution in [0.15, 0.2) is 18.2 Å². The monoisotopic (exact) mass is 488 g/mol. The highest BCUT2D eigenvalue weighted by Crippen LogP contribution is 2.39. The number of carbonyl (C=O) groups excluding carboxylic acids is 3. The summed E-state index contributed by atoms with van der Waals surface area (Å²) < 4.78 is 68.8. The Bertz CT molecular complexity index is 1200. The van der Waals surface area contributed by atoms with Gasteiger partial charge in [-0.3, -0.25) is 14.5 Å². The van der Waals surface area contributed by atoms with Gasteiger partial charge in [-0.2, -0.15) is 13.2 Å². The van der Waals surface area contributed by atoms with E-state index in [1.165, 1.54) is 0 Å². The molecule has 33 heavy (non-hydrogen) atoms. The zero-order valence-electron chi connectivity index (χ0n) is 16.8. The van der Waals surface area contributed by atoms with Crippen LogP contribution in [0.2, 0.25) is 5.02 Å². The Morgan fingerprint density at radius 1 is 1.24 bits per heavy atom. The predicted octanol–water partition coefficient (Wildman–Crippen LogP) is 3.72. The fourth-order valence-corrected chi connectivity index (χ4v) is 4.02. The number of carbonyl (C=O) groups is 3. The van der Waals surface area contributed by atoms with E-state index in [1.54, 1.807) is 0 Å². The summed E-state index contributed by atoms with van der Waals surface area (Å²) in [6.45, 7) is -0.308. The second-order valence-corrected chi connectivity index (χ2v) is 7.81. The summed E-state index contributed by atoms with van der Waals surface area (Å²) in [5.74, 6) is -4.34. The maximum absolute atomic E-state index is 14.4. The molecule has 2 heterocycles. The minimum atomic E-state index is -4.90. The molecule has 4 rings (SSSR count). The maximum atomic E-state index is 14.4. The van der Waals surface area contributed by atoms with Gasteiger partial charge in [-0.25, -0.2) is 18.6 Å². The average Bonchev–Trinajstić information content (AvgIpc) is 3.32. The lowest BCUT2D eigenvalue weighted by molar-refractivity contribution is -0.137. The molecule has 1 atom stereocenters. The number of halogens is 6. The van der Waals surface area contributed by atoms with Crippen LogP contribution in [0.25, 0.3) is 0 Å². The lowest BCUT2D eigenvalue weighted by Crippen LogP contribution is -2.47. The zero-order chi connectivity index (χ0) is 24.2. The van der Waals surface area contributed by atoms with Crippen molar-refractivity contribution in [3.05, 3.63) is 51.7 Å². The van der Waals surface area contributed by atoms with Gasteiger partial charge in [0.25, 0.3) is 5.91 Å². The summed E-state index contributed by atoms with van der Waals surface area (Å²) in [5, 5.41) is 1.50. The number of hydrogen-bond donors (Lipinski definition) is 1. The van der Waals surface area contributed by atoms with Crippen molar-refractivity contribution >= 4 is 40.8 Å². The number of aryl methyl sites for hydroxylation is 1. The van der Waals surface area contributed by atoms with Crippen molar-refractivity contribution in [1.82, 2.24) is 10.3 Å². The van der Waals surface area contributed by atoms with Gasteiger partial charge in [-0.15, -0.1) is 0 Å². The quantitative estimate of drug-likeness (QED) is 0.527. The van der Waals surface area contributed by atoms with E-state index in [1.807, 2.05) is 0 Å². The number of alkyl halides is 3. The van der Waals surface area contributed by atoms with Crippen LogP contribution in [-0.2, 0) is 17.4 Å². The Morgan fingerprint density at radius 2 is 1.94 bits per heavy atom. The third kappa shape index (κ3) is 3.77. The molecule has 1 saturated heterocycles. The minimum absolute atomic E-state index is 0.0433. The van der Waals surface area contributed by atoms with Gasteiger partial charge in [-0.05, 0) is 24.6 Å². The summed E-state index contributed by atoms with van der Waals surface area (Å²) in [5.41, 5.74) is -2.32. The second kappa shape index (κ2) is 7.94. The van der Waals surface area contributed by atoms with Gasteiger partial charge in [0.15, 0.2) is 11.6 Å². The number of ketones is 1. The normalized spacial score (nSPS) is 17.9. The Kier molecular flexibility index (Phi) is 5.51. The van der Waals surface area contributed by atoms with Gasteiger partial charge in [0.1, 0.15) is 22.7 Å². The molecule has 1 aromatic carbocycles. The van der Waals surface area contributed by atoms with Gasteiger partial charge < -0.3 is 10.2 Å². The summed E-state index contributed by atoms with van der Waals surface area (Å²) in [6, 6.07) is 0.0560. The SMILES string of the molecule is CN(C(=O)C1CNC(=O)N1c1cc(C(F)(F)F)c2c(n1)CCC2=O)c1ccc(F)c(Cl)c1F. The van der Waals surface area contributed by atoms with Crippen molar-refractivity contribution in [3.8, 4) is 0 Å². The number of Topliss-reactive ketones (excluding diaryl/α,β-unsaturated/α-hetero) is 1. The number of pyridine rings is 1. The van der Waals surface area contributed by atoms with E-state index in [0.29, 0.717) is 6.07 Å². The molecule has 7 nitrogen and oxygen atoms in total. The highest BCUT2D eigenvalue weighted by molar-refractivity contribution is 6.31. The van der Waals surface area contributed by atoms with Crippen molar-refractivity contribution in [2.45, 2.75) is 25.1 Å². The first-order valence-electron chi connectivity index (χ1n) is 9.54. The van der Waals surface area contributed by atoms with E-state index in [-0.39, 0.29) is 25.1 Å². The number of nitrogens with zero attached hydrogens (tertiary/aromatic N) is 3. The minimum Gasteiger partial charge on any atom is -0.335 e. The molecule has 0 radical (unpaired) electrons. The van der Waals surface area contributed by atoms with Crippen molar-refractivity contribution in [1.29, 1.82) is 0 Å². The van der Waals surface area contributed by atoms with Gasteiger partial charge >= 0.3 is 12.2 Å². The van der Waals surface area contributed by atoms with Crippen LogP contribution < -0.4 is 15.1 Å². The zero-order valence-corrected chi connectivity index (χ0v) is 17.5. The summed E-state index contributed by atoms with van der Waals surface area (Å²) >= 11 is 5.56. The van der Waals surface area contributed by atoms with E-state index in [0.717, 1.165) is 29.0 Å². The number of urea groups is 1. The topological polar surface area (TPSA) is 82.6 Å².